The minimum atomic E-state index is 0.326. The topological polar surface area (TPSA) is 32.3 Å². The van der Waals surface area contributed by atoms with Crippen molar-refractivity contribution < 1.29 is 5.11 Å². The second-order valence-electron chi connectivity index (χ2n) is 3.73. The van der Waals surface area contributed by atoms with E-state index in [2.05, 4.69) is 11.9 Å². The maximum atomic E-state index is 9.16. The van der Waals surface area contributed by atoms with E-state index < -0.39 is 0 Å². The van der Waals surface area contributed by atoms with Gasteiger partial charge in [-0.15, -0.1) is 6.58 Å². The van der Waals surface area contributed by atoms with Gasteiger partial charge in [0.15, 0.2) is 0 Å². The number of phenolic OH excluding ortho intramolecular Hbond substituents is 1. The first-order valence-corrected chi connectivity index (χ1v) is 4.97. The minimum Gasteiger partial charge on any atom is -0.508 e. The highest BCUT2D eigenvalue weighted by Crippen LogP contribution is 2.27. The van der Waals surface area contributed by atoms with Crippen LogP contribution in [-0.2, 0) is 0 Å². The van der Waals surface area contributed by atoms with E-state index in [1.807, 2.05) is 18.2 Å². The third-order valence-electron chi connectivity index (χ3n) is 2.76. The standard InChI is InChI=1S/C12H15NO/c1-2-10-5-8-12(13-10)9-3-6-11(14)7-4-9/h2-4,6-7,10,12-14H,1,5,8H2. The van der Waals surface area contributed by atoms with Crippen LogP contribution in [0.3, 0.4) is 0 Å². The monoisotopic (exact) mass is 189 g/mol. The molecule has 14 heavy (non-hydrogen) atoms. The van der Waals surface area contributed by atoms with Crippen LogP contribution in [0.5, 0.6) is 5.75 Å². The van der Waals surface area contributed by atoms with Gasteiger partial charge in [-0.25, -0.2) is 0 Å². The molecule has 1 heterocycles. The molecule has 1 fully saturated rings. The Morgan fingerprint density at radius 2 is 2.00 bits per heavy atom. The fraction of sp³-hybridized carbons (Fsp3) is 0.333. The molecule has 2 N–H and O–H groups in total. The van der Waals surface area contributed by atoms with Gasteiger partial charge in [0.1, 0.15) is 5.75 Å². The number of hydrogen-bond acceptors (Lipinski definition) is 2. The van der Waals surface area contributed by atoms with Gasteiger partial charge >= 0.3 is 0 Å². The van der Waals surface area contributed by atoms with E-state index in [9.17, 15) is 0 Å². The Hall–Kier alpha value is -1.28. The molecular formula is C12H15NO. The average Bonchev–Trinajstić information content (AvgIpc) is 2.67. The highest BCUT2D eigenvalue weighted by Gasteiger charge is 2.22. The molecule has 1 saturated heterocycles. The SMILES string of the molecule is C=CC1CCC(c2ccc(O)cc2)N1. The molecule has 0 radical (unpaired) electrons. The minimum absolute atomic E-state index is 0.326. The van der Waals surface area contributed by atoms with E-state index in [1.165, 1.54) is 5.56 Å². The fourth-order valence-electron chi connectivity index (χ4n) is 1.93. The molecule has 1 aliphatic rings. The molecular weight excluding hydrogens is 174 g/mol. The number of aromatic hydroxyl groups is 1. The predicted molar refractivity (Wildman–Crippen MR) is 57.2 cm³/mol. The fourth-order valence-corrected chi connectivity index (χ4v) is 1.93. The highest BCUT2D eigenvalue weighted by molar-refractivity contribution is 5.28. The summed E-state index contributed by atoms with van der Waals surface area (Å²) in [6, 6.07) is 8.26. The smallest absolute Gasteiger partial charge is 0.115 e. The lowest BCUT2D eigenvalue weighted by molar-refractivity contribution is 0.474. The molecule has 0 aliphatic carbocycles. The van der Waals surface area contributed by atoms with Crippen LogP contribution in [0.2, 0.25) is 0 Å². The summed E-state index contributed by atoms with van der Waals surface area (Å²) < 4.78 is 0. The van der Waals surface area contributed by atoms with E-state index >= 15 is 0 Å². The van der Waals surface area contributed by atoms with Gasteiger partial charge < -0.3 is 10.4 Å². The summed E-state index contributed by atoms with van der Waals surface area (Å²) in [7, 11) is 0. The van der Waals surface area contributed by atoms with Gasteiger partial charge in [0.2, 0.25) is 0 Å². The zero-order valence-corrected chi connectivity index (χ0v) is 8.11. The third-order valence-corrected chi connectivity index (χ3v) is 2.76. The first-order chi connectivity index (χ1) is 6.79. The van der Waals surface area contributed by atoms with E-state index in [-0.39, 0.29) is 0 Å². The molecule has 0 bridgehead atoms. The van der Waals surface area contributed by atoms with Crippen LogP contribution in [0.15, 0.2) is 36.9 Å². The van der Waals surface area contributed by atoms with E-state index in [0.717, 1.165) is 12.8 Å². The Morgan fingerprint density at radius 1 is 1.29 bits per heavy atom. The molecule has 0 aromatic heterocycles. The lowest BCUT2D eigenvalue weighted by Gasteiger charge is -2.12. The molecule has 2 nitrogen and oxygen atoms in total. The van der Waals surface area contributed by atoms with Crippen molar-refractivity contribution in [2.75, 3.05) is 0 Å². The van der Waals surface area contributed by atoms with Crippen molar-refractivity contribution in [2.45, 2.75) is 24.9 Å². The molecule has 1 aliphatic heterocycles. The summed E-state index contributed by atoms with van der Waals surface area (Å²) in [4.78, 5) is 0. The van der Waals surface area contributed by atoms with Crippen LogP contribution in [0.1, 0.15) is 24.4 Å². The van der Waals surface area contributed by atoms with Crippen molar-refractivity contribution in [2.24, 2.45) is 0 Å². The summed E-state index contributed by atoms with van der Waals surface area (Å²) in [6.45, 7) is 3.78. The Labute approximate surface area is 84.3 Å². The predicted octanol–water partition coefficient (Wildman–Crippen LogP) is 2.37. The van der Waals surface area contributed by atoms with Crippen molar-refractivity contribution in [3.8, 4) is 5.75 Å². The highest BCUT2D eigenvalue weighted by atomic mass is 16.3. The second-order valence-corrected chi connectivity index (χ2v) is 3.73. The summed E-state index contributed by atoms with van der Waals surface area (Å²) in [5.74, 6) is 0.326. The van der Waals surface area contributed by atoms with Gasteiger partial charge in [0.25, 0.3) is 0 Å². The van der Waals surface area contributed by atoms with Gasteiger partial charge in [-0.05, 0) is 30.5 Å². The average molecular weight is 189 g/mol. The van der Waals surface area contributed by atoms with Crippen molar-refractivity contribution in [3.05, 3.63) is 42.5 Å². The summed E-state index contributed by atoms with van der Waals surface area (Å²) >= 11 is 0. The molecule has 0 saturated carbocycles. The number of hydrogen-bond donors (Lipinski definition) is 2. The maximum Gasteiger partial charge on any atom is 0.115 e. The van der Waals surface area contributed by atoms with Crippen LogP contribution >= 0.6 is 0 Å². The van der Waals surface area contributed by atoms with E-state index in [0.29, 0.717) is 17.8 Å². The number of phenols is 1. The molecule has 2 rings (SSSR count). The number of nitrogens with one attached hydrogen (secondary N) is 1. The van der Waals surface area contributed by atoms with Crippen LogP contribution < -0.4 is 5.32 Å². The quantitative estimate of drug-likeness (QED) is 0.700. The normalized spacial score (nSPS) is 26.3. The lowest BCUT2D eigenvalue weighted by atomic mass is 10.1. The Bertz CT molecular complexity index is 318. The molecule has 1 aromatic rings. The molecule has 74 valence electrons. The van der Waals surface area contributed by atoms with Crippen LogP contribution in [0.25, 0.3) is 0 Å². The zero-order chi connectivity index (χ0) is 9.97. The molecule has 0 amide bonds. The van der Waals surface area contributed by atoms with Gasteiger partial charge in [-0.1, -0.05) is 18.2 Å². The van der Waals surface area contributed by atoms with Gasteiger partial charge in [0, 0.05) is 12.1 Å². The Kier molecular flexibility index (Phi) is 2.55. The molecule has 2 unspecified atom stereocenters. The summed E-state index contributed by atoms with van der Waals surface area (Å²) in [6.07, 6.45) is 4.25. The largest absolute Gasteiger partial charge is 0.508 e. The van der Waals surface area contributed by atoms with Crippen LogP contribution in [-0.4, -0.2) is 11.1 Å². The third kappa shape index (κ3) is 1.80. The molecule has 2 heteroatoms. The van der Waals surface area contributed by atoms with Crippen molar-refractivity contribution >= 4 is 0 Å². The van der Waals surface area contributed by atoms with Crippen LogP contribution in [0.4, 0.5) is 0 Å². The lowest BCUT2D eigenvalue weighted by Crippen LogP contribution is -2.21. The van der Waals surface area contributed by atoms with Gasteiger partial charge in [0.05, 0.1) is 0 Å². The van der Waals surface area contributed by atoms with Crippen molar-refractivity contribution in [3.63, 3.8) is 0 Å². The van der Waals surface area contributed by atoms with Gasteiger partial charge in [-0.2, -0.15) is 0 Å². The molecule has 0 spiro atoms. The first-order valence-electron chi connectivity index (χ1n) is 4.97. The second kappa shape index (κ2) is 3.84. The number of benzene rings is 1. The van der Waals surface area contributed by atoms with Crippen LogP contribution in [0, 0.1) is 0 Å². The van der Waals surface area contributed by atoms with Crippen molar-refractivity contribution in [1.29, 1.82) is 0 Å². The summed E-state index contributed by atoms with van der Waals surface area (Å²) in [5, 5.41) is 12.6. The Balaban J connectivity index is 2.09. The molecule has 1 aromatic carbocycles. The summed E-state index contributed by atoms with van der Waals surface area (Å²) in [5.41, 5.74) is 1.24. The zero-order valence-electron chi connectivity index (χ0n) is 8.11. The van der Waals surface area contributed by atoms with Gasteiger partial charge in [-0.3, -0.25) is 0 Å². The number of rotatable bonds is 2. The van der Waals surface area contributed by atoms with E-state index in [4.69, 9.17) is 5.11 Å². The first kappa shape index (κ1) is 9.28. The maximum absolute atomic E-state index is 9.16. The molecule has 2 atom stereocenters. The van der Waals surface area contributed by atoms with Crippen molar-refractivity contribution in [1.82, 2.24) is 5.32 Å². The Morgan fingerprint density at radius 3 is 2.57 bits per heavy atom. The van der Waals surface area contributed by atoms with E-state index in [1.54, 1.807) is 12.1 Å².